The number of nitrogens with zero attached hydrogens (tertiary/aromatic N) is 3. The zero-order valence-corrected chi connectivity index (χ0v) is 11.7. The van der Waals surface area contributed by atoms with Gasteiger partial charge in [0.05, 0.1) is 5.69 Å². The highest BCUT2D eigenvalue weighted by molar-refractivity contribution is 7.15. The minimum Gasteiger partial charge on any atom is -0.325 e. The first-order valence-corrected chi connectivity index (χ1v) is 7.22. The van der Waals surface area contributed by atoms with Crippen LogP contribution in [0.5, 0.6) is 0 Å². The molecule has 2 heterocycles. The first-order valence-electron chi connectivity index (χ1n) is 6.34. The Balaban J connectivity index is 1.74. The van der Waals surface area contributed by atoms with Crippen molar-refractivity contribution in [2.24, 2.45) is 5.73 Å². The smallest absolute Gasteiger partial charge is 0.212 e. The van der Waals surface area contributed by atoms with Crippen molar-refractivity contribution in [2.75, 3.05) is 0 Å². The van der Waals surface area contributed by atoms with E-state index in [4.69, 9.17) is 5.73 Å². The van der Waals surface area contributed by atoms with E-state index < -0.39 is 0 Å². The standard InChI is InChI=1S/C14H16N4S/c1-10-2-4-11(5-3-10)6-7-13-16-14-18(17-13)12(8-15)9-19-14/h2-5,9H,6-8,15H2,1H3. The van der Waals surface area contributed by atoms with Gasteiger partial charge >= 0.3 is 0 Å². The van der Waals surface area contributed by atoms with Gasteiger partial charge in [-0.25, -0.2) is 9.50 Å². The summed E-state index contributed by atoms with van der Waals surface area (Å²) < 4.78 is 1.86. The Bertz CT molecular complexity index is 681. The third-order valence-electron chi connectivity index (χ3n) is 3.16. The highest BCUT2D eigenvalue weighted by Gasteiger charge is 2.08. The maximum Gasteiger partial charge on any atom is 0.212 e. The average Bonchev–Trinajstić information content (AvgIpc) is 2.97. The van der Waals surface area contributed by atoms with Gasteiger partial charge in [0.25, 0.3) is 0 Å². The number of aryl methyl sites for hydroxylation is 3. The number of nitrogens with two attached hydrogens (primary N) is 1. The summed E-state index contributed by atoms with van der Waals surface area (Å²) >= 11 is 1.59. The van der Waals surface area contributed by atoms with E-state index in [2.05, 4.69) is 41.3 Å². The predicted molar refractivity (Wildman–Crippen MR) is 77.3 cm³/mol. The van der Waals surface area contributed by atoms with Crippen LogP contribution in [0.25, 0.3) is 4.96 Å². The number of hydrogen-bond donors (Lipinski definition) is 1. The van der Waals surface area contributed by atoms with Gasteiger partial charge in [0, 0.05) is 18.3 Å². The SMILES string of the molecule is Cc1ccc(CCc2nc3scc(CN)n3n2)cc1. The van der Waals surface area contributed by atoms with Crippen LogP contribution < -0.4 is 5.73 Å². The van der Waals surface area contributed by atoms with Crippen LogP contribution in [0.3, 0.4) is 0 Å². The molecule has 0 aliphatic carbocycles. The molecule has 5 heteroatoms. The van der Waals surface area contributed by atoms with E-state index in [0.29, 0.717) is 6.54 Å². The van der Waals surface area contributed by atoms with Crippen molar-refractivity contribution < 1.29 is 0 Å². The molecule has 0 unspecified atom stereocenters. The molecule has 2 N–H and O–H groups in total. The molecule has 3 rings (SSSR count). The molecular formula is C14H16N4S. The second kappa shape index (κ2) is 5.11. The zero-order valence-electron chi connectivity index (χ0n) is 10.8. The summed E-state index contributed by atoms with van der Waals surface area (Å²) in [6.07, 6.45) is 1.83. The van der Waals surface area contributed by atoms with Gasteiger partial charge in [0.1, 0.15) is 0 Å². The molecule has 0 radical (unpaired) electrons. The molecule has 2 aromatic heterocycles. The van der Waals surface area contributed by atoms with Gasteiger partial charge in [-0.1, -0.05) is 29.8 Å². The molecule has 0 bridgehead atoms. The van der Waals surface area contributed by atoms with Crippen molar-refractivity contribution in [3.8, 4) is 0 Å². The topological polar surface area (TPSA) is 56.2 Å². The number of benzene rings is 1. The Morgan fingerprint density at radius 2 is 2.00 bits per heavy atom. The predicted octanol–water partition coefficient (Wildman–Crippen LogP) is 2.34. The van der Waals surface area contributed by atoms with E-state index in [1.807, 2.05) is 9.90 Å². The summed E-state index contributed by atoms with van der Waals surface area (Å²) in [4.78, 5) is 5.46. The van der Waals surface area contributed by atoms with Gasteiger partial charge in [0.2, 0.25) is 4.96 Å². The van der Waals surface area contributed by atoms with Crippen LogP contribution in [-0.4, -0.2) is 14.6 Å². The van der Waals surface area contributed by atoms with Gasteiger partial charge in [-0.15, -0.1) is 11.3 Å². The molecule has 0 amide bonds. The van der Waals surface area contributed by atoms with Crippen molar-refractivity contribution >= 4 is 16.3 Å². The van der Waals surface area contributed by atoms with Crippen molar-refractivity contribution in [1.82, 2.24) is 14.6 Å². The van der Waals surface area contributed by atoms with Crippen LogP contribution in [-0.2, 0) is 19.4 Å². The molecule has 19 heavy (non-hydrogen) atoms. The van der Waals surface area contributed by atoms with E-state index in [1.165, 1.54) is 11.1 Å². The largest absolute Gasteiger partial charge is 0.325 e. The van der Waals surface area contributed by atoms with Crippen LogP contribution >= 0.6 is 11.3 Å². The van der Waals surface area contributed by atoms with Crippen molar-refractivity contribution in [3.05, 3.63) is 52.3 Å². The van der Waals surface area contributed by atoms with Gasteiger partial charge in [-0.2, -0.15) is 5.10 Å². The molecule has 3 aromatic rings. The van der Waals surface area contributed by atoms with Gasteiger partial charge in [-0.3, -0.25) is 0 Å². The summed E-state index contributed by atoms with van der Waals surface area (Å²) in [5.74, 6) is 0.891. The lowest BCUT2D eigenvalue weighted by Gasteiger charge is -1.99. The third kappa shape index (κ3) is 2.52. The minimum atomic E-state index is 0.501. The molecule has 0 atom stereocenters. The van der Waals surface area contributed by atoms with E-state index in [1.54, 1.807) is 11.3 Å². The molecule has 0 spiro atoms. The first kappa shape index (κ1) is 12.3. The van der Waals surface area contributed by atoms with Crippen molar-refractivity contribution in [2.45, 2.75) is 26.3 Å². The summed E-state index contributed by atoms with van der Waals surface area (Å²) in [5, 5.41) is 6.53. The molecule has 0 saturated heterocycles. The van der Waals surface area contributed by atoms with Crippen molar-refractivity contribution in [1.29, 1.82) is 0 Å². The Morgan fingerprint density at radius 1 is 1.21 bits per heavy atom. The Labute approximate surface area is 115 Å². The number of aromatic nitrogens is 3. The zero-order chi connectivity index (χ0) is 13.2. The lowest BCUT2D eigenvalue weighted by atomic mass is 10.1. The maximum absolute atomic E-state index is 5.67. The molecule has 0 aliphatic heterocycles. The number of hydrogen-bond acceptors (Lipinski definition) is 4. The second-order valence-corrected chi connectivity index (χ2v) is 5.48. The van der Waals surface area contributed by atoms with Crippen LogP contribution in [0.2, 0.25) is 0 Å². The summed E-state index contributed by atoms with van der Waals surface area (Å²) in [6, 6.07) is 8.61. The van der Waals surface area contributed by atoms with Crippen LogP contribution in [0.4, 0.5) is 0 Å². The van der Waals surface area contributed by atoms with E-state index >= 15 is 0 Å². The first-order chi connectivity index (χ1) is 9.26. The minimum absolute atomic E-state index is 0.501. The highest BCUT2D eigenvalue weighted by atomic mass is 32.1. The molecule has 4 nitrogen and oxygen atoms in total. The number of rotatable bonds is 4. The van der Waals surface area contributed by atoms with Gasteiger partial charge in [0.15, 0.2) is 5.82 Å². The molecule has 0 aliphatic rings. The quantitative estimate of drug-likeness (QED) is 0.793. The van der Waals surface area contributed by atoms with E-state index in [-0.39, 0.29) is 0 Å². The Kier molecular flexibility index (Phi) is 3.31. The molecular weight excluding hydrogens is 256 g/mol. The summed E-state index contributed by atoms with van der Waals surface area (Å²) in [5.41, 5.74) is 9.30. The fourth-order valence-corrected chi connectivity index (χ4v) is 2.88. The second-order valence-electron chi connectivity index (χ2n) is 4.64. The van der Waals surface area contributed by atoms with Crippen molar-refractivity contribution in [3.63, 3.8) is 0 Å². The molecule has 0 fully saturated rings. The molecule has 98 valence electrons. The summed E-state index contributed by atoms with van der Waals surface area (Å²) in [7, 11) is 0. The Morgan fingerprint density at radius 3 is 2.74 bits per heavy atom. The van der Waals surface area contributed by atoms with Gasteiger partial charge in [-0.05, 0) is 18.9 Å². The van der Waals surface area contributed by atoms with E-state index in [9.17, 15) is 0 Å². The normalized spacial score (nSPS) is 11.3. The highest BCUT2D eigenvalue weighted by Crippen LogP contribution is 2.15. The monoisotopic (exact) mass is 272 g/mol. The lowest BCUT2D eigenvalue weighted by molar-refractivity contribution is 0.805. The maximum atomic E-state index is 5.67. The fourth-order valence-electron chi connectivity index (χ4n) is 2.02. The third-order valence-corrected chi connectivity index (χ3v) is 4.03. The van der Waals surface area contributed by atoms with Crippen LogP contribution in [0.15, 0.2) is 29.6 Å². The van der Waals surface area contributed by atoms with Gasteiger partial charge < -0.3 is 5.73 Å². The number of thiazole rings is 1. The average molecular weight is 272 g/mol. The lowest BCUT2D eigenvalue weighted by Crippen LogP contribution is -2.02. The fraction of sp³-hybridized carbons (Fsp3) is 0.286. The molecule has 1 aromatic carbocycles. The van der Waals surface area contributed by atoms with E-state index in [0.717, 1.165) is 29.3 Å². The summed E-state index contributed by atoms with van der Waals surface area (Å²) in [6.45, 7) is 2.60. The molecule has 0 saturated carbocycles. The van der Waals surface area contributed by atoms with Crippen LogP contribution in [0.1, 0.15) is 22.6 Å². The Hall–Kier alpha value is -1.72. The van der Waals surface area contributed by atoms with Crippen LogP contribution in [0, 0.1) is 6.92 Å². The number of fused-ring (bicyclic) bond motifs is 1.